The fraction of sp³-hybridized carbons (Fsp3) is 0.0455. The number of fused-ring (bicyclic) bond motifs is 1. The van der Waals surface area contributed by atoms with E-state index < -0.39 is 10.1 Å². The van der Waals surface area contributed by atoms with Crippen molar-refractivity contribution in [1.29, 1.82) is 0 Å². The Bertz CT molecular complexity index is 1460. The summed E-state index contributed by atoms with van der Waals surface area (Å²) in [4.78, 5) is 3.65. The monoisotopic (exact) mass is 462 g/mol. The number of rotatable bonds is 7. The highest BCUT2D eigenvalue weighted by Crippen LogP contribution is 2.41. The zero-order chi connectivity index (χ0) is 23.3. The molecule has 0 aliphatic heterocycles. The Balaban J connectivity index is 1.77. The fourth-order valence-electron chi connectivity index (χ4n) is 3.17. The van der Waals surface area contributed by atoms with Gasteiger partial charge in [-0.3, -0.25) is 9.54 Å². The van der Waals surface area contributed by atoms with E-state index in [1.807, 2.05) is 12.1 Å². The normalized spacial score (nSPS) is 12.0. The summed E-state index contributed by atoms with van der Waals surface area (Å²) in [5, 5.41) is 16.3. The van der Waals surface area contributed by atoms with E-state index in [1.165, 1.54) is 12.1 Å². The molecule has 166 valence electrons. The Hall–Kier alpha value is -4.22. The quantitative estimate of drug-likeness (QED) is 0.162. The van der Waals surface area contributed by atoms with Gasteiger partial charge in [0.25, 0.3) is 10.1 Å². The highest BCUT2D eigenvalue weighted by molar-refractivity contribution is 7.86. The molecule has 0 amide bonds. The standard InChI is InChI=1S/C22H18N6O4S/c23-28-27-22-17-6-2-1-5-16(17)21(33(29,30)31)13-19(22)26-25-18-7-3-4-8-20(18)32-14-15-9-11-24-12-10-15/h1-13H,14H2,(H2,23,27)(H,29,30,31)/b26-25+. The maximum absolute atomic E-state index is 12.0. The van der Waals surface area contributed by atoms with Gasteiger partial charge in [0.2, 0.25) is 0 Å². The van der Waals surface area contributed by atoms with Crippen LogP contribution in [0.5, 0.6) is 5.75 Å². The molecule has 0 unspecified atom stereocenters. The van der Waals surface area contributed by atoms with E-state index in [2.05, 4.69) is 25.5 Å². The molecule has 10 nitrogen and oxygen atoms in total. The van der Waals surface area contributed by atoms with Crippen molar-refractivity contribution in [3.8, 4) is 5.75 Å². The summed E-state index contributed by atoms with van der Waals surface area (Å²) >= 11 is 0. The minimum atomic E-state index is -4.55. The summed E-state index contributed by atoms with van der Waals surface area (Å²) in [6, 6.07) is 18.3. The molecule has 1 aromatic heterocycles. The van der Waals surface area contributed by atoms with Gasteiger partial charge in [0.05, 0.1) is 0 Å². The molecule has 4 aromatic rings. The fourth-order valence-corrected chi connectivity index (χ4v) is 3.89. The number of aromatic nitrogens is 1. The summed E-state index contributed by atoms with van der Waals surface area (Å²) in [7, 11) is -4.55. The maximum Gasteiger partial charge on any atom is 0.295 e. The zero-order valence-electron chi connectivity index (χ0n) is 17.1. The molecule has 33 heavy (non-hydrogen) atoms. The Morgan fingerprint density at radius 3 is 2.27 bits per heavy atom. The predicted octanol–water partition coefficient (Wildman–Crippen LogP) is 5.43. The second kappa shape index (κ2) is 9.51. The maximum atomic E-state index is 12.0. The molecule has 4 rings (SSSR count). The van der Waals surface area contributed by atoms with E-state index in [0.717, 1.165) is 5.56 Å². The third-order valence-electron chi connectivity index (χ3n) is 4.67. The number of pyridine rings is 1. The van der Waals surface area contributed by atoms with Crippen molar-refractivity contribution in [3.63, 3.8) is 0 Å². The zero-order valence-corrected chi connectivity index (χ0v) is 17.9. The van der Waals surface area contributed by atoms with Crippen LogP contribution in [-0.4, -0.2) is 18.0 Å². The van der Waals surface area contributed by atoms with Crippen LogP contribution in [0.3, 0.4) is 0 Å². The topological polar surface area (TPSA) is 152 Å². The lowest BCUT2D eigenvalue weighted by molar-refractivity contribution is 0.307. The van der Waals surface area contributed by atoms with Crippen LogP contribution in [0.1, 0.15) is 5.56 Å². The van der Waals surface area contributed by atoms with Crippen molar-refractivity contribution in [1.82, 2.24) is 4.98 Å². The smallest absolute Gasteiger partial charge is 0.295 e. The van der Waals surface area contributed by atoms with Gasteiger partial charge in [0.1, 0.15) is 34.3 Å². The molecule has 0 aliphatic carbocycles. The van der Waals surface area contributed by atoms with E-state index in [0.29, 0.717) is 23.4 Å². The summed E-state index contributed by atoms with van der Waals surface area (Å²) in [5.41, 5.74) is 1.59. The molecule has 0 aliphatic rings. The largest absolute Gasteiger partial charge is 0.487 e. The van der Waals surface area contributed by atoms with E-state index in [9.17, 15) is 13.0 Å². The van der Waals surface area contributed by atoms with E-state index in [-0.39, 0.29) is 21.7 Å². The minimum Gasteiger partial charge on any atom is -0.487 e. The van der Waals surface area contributed by atoms with Crippen LogP contribution >= 0.6 is 0 Å². The van der Waals surface area contributed by atoms with Crippen LogP contribution in [0.4, 0.5) is 17.1 Å². The average Bonchev–Trinajstić information content (AvgIpc) is 2.82. The highest BCUT2D eigenvalue weighted by atomic mass is 32.2. The molecule has 11 heteroatoms. The molecule has 0 fully saturated rings. The molecule has 3 N–H and O–H groups in total. The molecule has 0 radical (unpaired) electrons. The first-order chi connectivity index (χ1) is 16.0. The van der Waals surface area contributed by atoms with Crippen molar-refractivity contribution in [2.75, 3.05) is 0 Å². The van der Waals surface area contributed by atoms with E-state index >= 15 is 0 Å². The van der Waals surface area contributed by atoms with Crippen LogP contribution in [0.25, 0.3) is 10.8 Å². The minimum absolute atomic E-state index is 0.0551. The molecule has 0 saturated carbocycles. The summed E-state index contributed by atoms with van der Waals surface area (Å²) < 4.78 is 39.6. The molecule has 0 bridgehead atoms. The lowest BCUT2D eigenvalue weighted by Gasteiger charge is -2.10. The van der Waals surface area contributed by atoms with Crippen molar-refractivity contribution in [3.05, 3.63) is 84.7 Å². The van der Waals surface area contributed by atoms with Crippen LogP contribution in [-0.2, 0) is 16.7 Å². The van der Waals surface area contributed by atoms with E-state index in [4.69, 9.17) is 10.6 Å². The van der Waals surface area contributed by atoms with Gasteiger partial charge in [-0.05, 0) is 35.9 Å². The van der Waals surface area contributed by atoms with Gasteiger partial charge in [-0.2, -0.15) is 8.42 Å². The lowest BCUT2D eigenvalue weighted by atomic mass is 10.1. The van der Waals surface area contributed by atoms with Crippen LogP contribution in [0, 0.1) is 0 Å². The third kappa shape index (κ3) is 5.00. The number of para-hydroxylation sites is 1. The first kappa shape index (κ1) is 22.0. The van der Waals surface area contributed by atoms with Gasteiger partial charge >= 0.3 is 0 Å². The Morgan fingerprint density at radius 1 is 0.879 bits per heavy atom. The average molecular weight is 462 g/mol. The number of azo groups is 1. The Kier molecular flexibility index (Phi) is 6.33. The number of nitrogens with two attached hydrogens (primary N) is 1. The Morgan fingerprint density at radius 2 is 1.55 bits per heavy atom. The highest BCUT2D eigenvalue weighted by Gasteiger charge is 2.20. The summed E-state index contributed by atoms with van der Waals surface area (Å²) in [5.74, 6) is 5.73. The molecule has 0 saturated heterocycles. The third-order valence-corrected chi connectivity index (χ3v) is 5.56. The first-order valence-corrected chi connectivity index (χ1v) is 11.1. The van der Waals surface area contributed by atoms with Gasteiger partial charge in [0, 0.05) is 23.2 Å². The van der Waals surface area contributed by atoms with Crippen molar-refractivity contribution < 1.29 is 17.7 Å². The van der Waals surface area contributed by atoms with Crippen molar-refractivity contribution in [2.24, 2.45) is 26.4 Å². The van der Waals surface area contributed by atoms with Crippen LogP contribution in [0.2, 0.25) is 0 Å². The van der Waals surface area contributed by atoms with Crippen molar-refractivity contribution >= 4 is 38.0 Å². The molecule has 0 atom stereocenters. The van der Waals surface area contributed by atoms with Crippen LogP contribution < -0.4 is 10.6 Å². The second-order valence-corrected chi connectivity index (χ2v) is 8.18. The number of hydrogen-bond acceptors (Lipinski definition) is 8. The molecular weight excluding hydrogens is 444 g/mol. The Labute approximate surface area is 189 Å². The second-order valence-electron chi connectivity index (χ2n) is 6.79. The summed E-state index contributed by atoms with van der Waals surface area (Å²) in [6.07, 6.45) is 3.34. The summed E-state index contributed by atoms with van der Waals surface area (Å²) in [6.45, 7) is 0.296. The van der Waals surface area contributed by atoms with Gasteiger partial charge in [-0.15, -0.1) is 15.3 Å². The number of benzene rings is 3. The molecular formula is C22H18N6O4S. The number of nitrogens with zero attached hydrogens (tertiary/aromatic N) is 5. The lowest BCUT2D eigenvalue weighted by Crippen LogP contribution is -1.99. The van der Waals surface area contributed by atoms with Crippen LogP contribution in [0.15, 0.2) is 105 Å². The molecule has 3 aromatic carbocycles. The molecule has 0 spiro atoms. The van der Waals surface area contributed by atoms with Gasteiger partial charge in [0.15, 0.2) is 0 Å². The molecule has 1 heterocycles. The predicted molar refractivity (Wildman–Crippen MR) is 122 cm³/mol. The van der Waals surface area contributed by atoms with Gasteiger partial charge in [-0.1, -0.05) is 41.6 Å². The van der Waals surface area contributed by atoms with E-state index in [1.54, 1.807) is 54.9 Å². The van der Waals surface area contributed by atoms with Crippen molar-refractivity contribution in [2.45, 2.75) is 11.5 Å². The number of ether oxygens (including phenoxy) is 1. The van der Waals surface area contributed by atoms with Gasteiger partial charge < -0.3 is 10.6 Å². The van der Waals surface area contributed by atoms with Gasteiger partial charge in [-0.25, -0.2) is 0 Å². The number of hydrogen-bond donors (Lipinski definition) is 2. The SMILES string of the molecule is NN=Nc1c(/N=N/c2ccccc2OCc2ccncc2)cc(S(=O)(=O)O)c2ccccc12. The first-order valence-electron chi connectivity index (χ1n) is 9.64.